The summed E-state index contributed by atoms with van der Waals surface area (Å²) in [6.07, 6.45) is 6.57. The molecule has 3 aromatic rings. The van der Waals surface area contributed by atoms with E-state index in [4.69, 9.17) is 0 Å². The Morgan fingerprint density at radius 1 is 0.795 bits per heavy atom. The number of sulfonamides is 2. The van der Waals surface area contributed by atoms with Crippen molar-refractivity contribution < 1.29 is 43.6 Å². The Morgan fingerprint density at radius 2 is 1.32 bits per heavy atom. The van der Waals surface area contributed by atoms with Gasteiger partial charge in [-0.05, 0) is 54.2 Å². The minimum atomic E-state index is -5.38. The molecule has 0 radical (unpaired) electrons. The number of carbonyl (C=O) groups excluding carboxylic acids is 1. The number of carbonyl (C=O) groups is 1. The first-order chi connectivity index (χ1) is 20.6. The summed E-state index contributed by atoms with van der Waals surface area (Å²) in [5.74, 6) is -13.0. The normalized spacial score (nSPS) is 14.5. The Kier molecular flexibility index (Phi) is 10.0. The topological polar surface area (TPSA) is 104 Å². The number of halogens is 5. The molecule has 0 unspecified atom stereocenters. The van der Waals surface area contributed by atoms with Crippen LogP contribution in [-0.2, 0) is 31.4 Å². The van der Waals surface area contributed by atoms with Crippen molar-refractivity contribution in [2.75, 3.05) is 29.5 Å². The van der Waals surface area contributed by atoms with Crippen molar-refractivity contribution in [3.8, 4) is 0 Å². The lowest BCUT2D eigenvalue weighted by Crippen LogP contribution is -2.41. The first-order valence-corrected chi connectivity index (χ1v) is 16.9. The fourth-order valence-electron chi connectivity index (χ4n) is 5.09. The van der Waals surface area contributed by atoms with Crippen LogP contribution in [0.2, 0.25) is 0 Å². The number of rotatable bonds is 10. The summed E-state index contributed by atoms with van der Waals surface area (Å²) in [5, 5.41) is 0. The molecule has 15 heteroatoms. The van der Waals surface area contributed by atoms with Crippen LogP contribution in [0.4, 0.5) is 33.3 Å². The molecule has 44 heavy (non-hydrogen) atoms. The zero-order valence-electron chi connectivity index (χ0n) is 23.8. The van der Waals surface area contributed by atoms with E-state index >= 15 is 0 Å². The zero-order valence-corrected chi connectivity index (χ0v) is 25.4. The second-order valence-corrected chi connectivity index (χ2v) is 14.4. The predicted molar refractivity (Wildman–Crippen MR) is 154 cm³/mol. The lowest BCUT2D eigenvalue weighted by atomic mass is 9.84. The molecular formula is C29H30F5N3O5S2. The van der Waals surface area contributed by atoms with Crippen LogP contribution in [0.1, 0.15) is 49.1 Å². The monoisotopic (exact) mass is 659 g/mol. The summed E-state index contributed by atoms with van der Waals surface area (Å²) >= 11 is 0. The Balaban J connectivity index is 1.64. The highest BCUT2D eigenvalue weighted by Gasteiger charge is 2.37. The fraction of sp³-hybridized carbons (Fsp3) is 0.345. The van der Waals surface area contributed by atoms with Crippen molar-refractivity contribution in [1.82, 2.24) is 4.31 Å². The maximum absolute atomic E-state index is 14.4. The summed E-state index contributed by atoms with van der Waals surface area (Å²) in [4.78, 5) is 12.6. The molecular weight excluding hydrogens is 629 g/mol. The molecule has 1 fully saturated rings. The summed E-state index contributed by atoms with van der Waals surface area (Å²) in [5.41, 5.74) is 2.21. The van der Waals surface area contributed by atoms with Gasteiger partial charge in [-0.25, -0.2) is 38.8 Å². The third-order valence-corrected chi connectivity index (χ3v) is 9.81. The quantitative estimate of drug-likeness (QED) is 0.172. The second kappa shape index (κ2) is 13.2. The summed E-state index contributed by atoms with van der Waals surface area (Å²) in [6.45, 7) is -1.12. The van der Waals surface area contributed by atoms with E-state index in [-0.39, 0.29) is 22.2 Å². The van der Waals surface area contributed by atoms with E-state index in [0.717, 1.165) is 49.5 Å². The van der Waals surface area contributed by atoms with Crippen LogP contribution in [0.25, 0.3) is 0 Å². The van der Waals surface area contributed by atoms with Crippen molar-refractivity contribution in [3.63, 3.8) is 0 Å². The highest BCUT2D eigenvalue weighted by atomic mass is 32.2. The minimum absolute atomic E-state index is 0.0843. The molecule has 0 spiro atoms. The molecule has 0 aromatic heterocycles. The molecule has 8 nitrogen and oxygen atoms in total. The molecule has 0 aliphatic heterocycles. The summed E-state index contributed by atoms with van der Waals surface area (Å²) in [6, 6.07) is 13.1. The largest absolute Gasteiger partial charge is 0.307 e. The average molecular weight is 660 g/mol. The van der Waals surface area contributed by atoms with Gasteiger partial charge in [0.05, 0.1) is 19.3 Å². The van der Waals surface area contributed by atoms with Gasteiger partial charge in [0.15, 0.2) is 28.2 Å². The van der Waals surface area contributed by atoms with E-state index in [9.17, 15) is 43.6 Å². The molecule has 0 bridgehead atoms. The van der Waals surface area contributed by atoms with Crippen molar-refractivity contribution in [1.29, 1.82) is 0 Å². The minimum Gasteiger partial charge on any atom is -0.307 e. The maximum Gasteiger partial charge on any atom is 0.249 e. The van der Waals surface area contributed by atoms with Gasteiger partial charge in [-0.3, -0.25) is 9.52 Å². The van der Waals surface area contributed by atoms with Gasteiger partial charge in [-0.1, -0.05) is 43.5 Å². The molecule has 0 heterocycles. The van der Waals surface area contributed by atoms with Gasteiger partial charge < -0.3 is 4.90 Å². The van der Waals surface area contributed by atoms with E-state index in [1.54, 1.807) is 0 Å². The number of nitrogens with zero attached hydrogens (tertiary/aromatic N) is 2. The van der Waals surface area contributed by atoms with E-state index in [1.807, 2.05) is 24.3 Å². The van der Waals surface area contributed by atoms with Crippen molar-refractivity contribution in [2.24, 2.45) is 0 Å². The van der Waals surface area contributed by atoms with Crippen molar-refractivity contribution in [3.05, 3.63) is 88.7 Å². The first-order valence-electron chi connectivity index (χ1n) is 13.5. The number of benzene rings is 3. The highest BCUT2D eigenvalue weighted by molar-refractivity contribution is 7.92. The summed E-state index contributed by atoms with van der Waals surface area (Å²) in [7, 11) is -8.22. The van der Waals surface area contributed by atoms with Gasteiger partial charge in [0.25, 0.3) is 0 Å². The Labute approximate surface area is 252 Å². The van der Waals surface area contributed by atoms with Gasteiger partial charge in [0, 0.05) is 18.4 Å². The number of hydrogen-bond acceptors (Lipinski definition) is 5. The standard InChI is InChI=1S/C29H30F5N3O5S2/c1-36(44(41,42)29-27(33)25(31)24(30)26(32)28(29)34)17-23(38)37(22-14-12-21(13-15-22)35-43(2,39)40)16-18-8-10-20(11-9-18)19-6-4-3-5-7-19/h8-15,19,35H,3-7,16-17H2,1-2H3. The van der Waals surface area contributed by atoms with Gasteiger partial charge in [-0.15, -0.1) is 0 Å². The molecule has 1 amide bonds. The van der Waals surface area contributed by atoms with E-state index in [1.165, 1.54) is 30.7 Å². The first kappa shape index (κ1) is 33.3. The zero-order chi connectivity index (χ0) is 32.4. The predicted octanol–water partition coefficient (Wildman–Crippen LogP) is 5.66. The van der Waals surface area contributed by atoms with E-state index < -0.39 is 66.5 Å². The number of anilines is 2. The molecule has 3 aromatic carbocycles. The molecule has 1 aliphatic carbocycles. The lowest BCUT2D eigenvalue weighted by Gasteiger charge is -2.27. The SMILES string of the molecule is CN(CC(=O)N(Cc1ccc(C2CCCCC2)cc1)c1ccc(NS(C)(=O)=O)cc1)S(=O)(=O)c1c(F)c(F)c(F)c(F)c1F. The van der Waals surface area contributed by atoms with Crippen LogP contribution in [-0.4, -0.2) is 46.9 Å². The highest BCUT2D eigenvalue weighted by Crippen LogP contribution is 2.33. The van der Waals surface area contributed by atoms with Gasteiger partial charge in [-0.2, -0.15) is 4.31 Å². The second-order valence-electron chi connectivity index (χ2n) is 10.6. The third-order valence-electron chi connectivity index (χ3n) is 7.38. The molecule has 1 N–H and O–H groups in total. The van der Waals surface area contributed by atoms with Crippen LogP contribution in [0.15, 0.2) is 53.4 Å². The van der Waals surface area contributed by atoms with Gasteiger partial charge in [0.1, 0.15) is 0 Å². The molecule has 4 rings (SSSR count). The molecule has 1 saturated carbocycles. The molecule has 1 aliphatic rings. The Hall–Kier alpha value is -3.56. The number of amides is 1. The van der Waals surface area contributed by atoms with E-state index in [2.05, 4.69) is 4.72 Å². The van der Waals surface area contributed by atoms with Crippen molar-refractivity contribution in [2.45, 2.75) is 49.5 Å². The number of likely N-dealkylation sites (N-methyl/N-ethyl adjacent to an activating group) is 1. The molecule has 0 saturated heterocycles. The smallest absolute Gasteiger partial charge is 0.249 e. The Bertz CT molecular complexity index is 1720. The molecule has 238 valence electrons. The van der Waals surface area contributed by atoms with Crippen molar-refractivity contribution >= 4 is 37.3 Å². The fourth-order valence-corrected chi connectivity index (χ4v) is 6.88. The number of hydrogen-bond donors (Lipinski definition) is 1. The lowest BCUT2D eigenvalue weighted by molar-refractivity contribution is -0.118. The average Bonchev–Trinajstić information content (AvgIpc) is 2.98. The summed E-state index contributed by atoms with van der Waals surface area (Å²) < 4.78 is 121. The maximum atomic E-state index is 14.4. The third kappa shape index (κ3) is 7.38. The Morgan fingerprint density at radius 3 is 1.84 bits per heavy atom. The van der Waals surface area contributed by atoms with E-state index in [0.29, 0.717) is 11.5 Å². The van der Waals surface area contributed by atoms with Crippen LogP contribution >= 0.6 is 0 Å². The van der Waals surface area contributed by atoms with Crippen LogP contribution < -0.4 is 9.62 Å². The number of nitrogens with one attached hydrogen (secondary N) is 1. The van der Waals surface area contributed by atoms with Gasteiger partial charge >= 0.3 is 0 Å². The molecule has 0 atom stereocenters. The van der Waals surface area contributed by atoms with Crippen LogP contribution in [0, 0.1) is 29.1 Å². The van der Waals surface area contributed by atoms with Crippen LogP contribution in [0.3, 0.4) is 0 Å². The van der Waals surface area contributed by atoms with Crippen LogP contribution in [0.5, 0.6) is 0 Å². The van der Waals surface area contributed by atoms with Gasteiger partial charge in [0.2, 0.25) is 31.8 Å².